The van der Waals surface area contributed by atoms with E-state index in [1.165, 1.54) is 11.3 Å². The van der Waals surface area contributed by atoms with Crippen LogP contribution in [0.1, 0.15) is 0 Å². The van der Waals surface area contributed by atoms with Crippen molar-refractivity contribution in [2.75, 3.05) is 10.6 Å². The van der Waals surface area contributed by atoms with Crippen LogP contribution in [-0.2, 0) is 7.05 Å². The second-order valence-corrected chi connectivity index (χ2v) is 5.00. The molecule has 6 nitrogen and oxygen atoms in total. The first-order chi connectivity index (χ1) is 9.20. The van der Waals surface area contributed by atoms with Gasteiger partial charge in [0, 0.05) is 13.2 Å². The van der Waals surface area contributed by atoms with Crippen LogP contribution in [0, 0.1) is 0 Å². The second kappa shape index (κ2) is 4.69. The van der Waals surface area contributed by atoms with E-state index in [1.54, 1.807) is 24.1 Å². The van der Waals surface area contributed by atoms with Crippen LogP contribution in [0.15, 0.2) is 36.7 Å². The Balaban J connectivity index is 1.72. The number of rotatable bonds is 2. The Morgan fingerprint density at radius 1 is 1.32 bits per heavy atom. The summed E-state index contributed by atoms with van der Waals surface area (Å²) < 4.78 is 2.66. The van der Waals surface area contributed by atoms with Gasteiger partial charge in [0.15, 0.2) is 5.13 Å². The van der Waals surface area contributed by atoms with Gasteiger partial charge >= 0.3 is 6.03 Å². The van der Waals surface area contributed by atoms with Gasteiger partial charge in [-0.1, -0.05) is 23.5 Å². The third-order valence-corrected chi connectivity index (χ3v) is 3.43. The molecule has 0 aliphatic carbocycles. The monoisotopic (exact) mass is 273 g/mol. The van der Waals surface area contributed by atoms with Gasteiger partial charge < -0.3 is 5.32 Å². The summed E-state index contributed by atoms with van der Waals surface area (Å²) in [7, 11) is 1.79. The van der Waals surface area contributed by atoms with Crippen molar-refractivity contribution in [3.63, 3.8) is 0 Å². The van der Waals surface area contributed by atoms with E-state index in [4.69, 9.17) is 0 Å². The zero-order valence-corrected chi connectivity index (χ0v) is 10.9. The maximum atomic E-state index is 11.8. The average Bonchev–Trinajstić information content (AvgIpc) is 2.94. The number of urea groups is 1. The standard InChI is InChI=1S/C12H11N5OS/c1-17-7-8(6-13-17)14-11(18)16-12-15-9-4-2-3-5-10(9)19-12/h2-7H,1H3,(H2,14,15,16,18). The lowest BCUT2D eigenvalue weighted by atomic mass is 10.3. The highest BCUT2D eigenvalue weighted by Gasteiger charge is 2.08. The number of hydrogen-bond acceptors (Lipinski definition) is 4. The number of aryl methyl sites for hydroxylation is 1. The van der Waals surface area contributed by atoms with Crippen LogP contribution < -0.4 is 10.6 Å². The van der Waals surface area contributed by atoms with Gasteiger partial charge in [-0.15, -0.1) is 0 Å². The number of nitrogens with zero attached hydrogens (tertiary/aromatic N) is 3. The molecule has 0 spiro atoms. The number of hydrogen-bond donors (Lipinski definition) is 2. The fraction of sp³-hybridized carbons (Fsp3) is 0.0833. The zero-order chi connectivity index (χ0) is 13.2. The summed E-state index contributed by atoms with van der Waals surface area (Å²) in [5.41, 5.74) is 1.52. The maximum Gasteiger partial charge on any atom is 0.325 e. The van der Waals surface area contributed by atoms with Crippen molar-refractivity contribution < 1.29 is 4.79 Å². The SMILES string of the molecule is Cn1cc(NC(=O)Nc2nc3ccccc3s2)cn1. The van der Waals surface area contributed by atoms with E-state index in [0.717, 1.165) is 10.2 Å². The Kier molecular flexibility index (Phi) is 2.88. The number of carbonyl (C=O) groups excluding carboxylic acids is 1. The molecule has 2 heterocycles. The lowest BCUT2D eigenvalue weighted by molar-refractivity contribution is 0.262. The van der Waals surface area contributed by atoms with Crippen LogP contribution in [0.5, 0.6) is 0 Å². The molecular formula is C12H11N5OS. The molecule has 0 unspecified atom stereocenters. The number of anilines is 2. The van der Waals surface area contributed by atoms with Gasteiger partial charge in [-0.05, 0) is 12.1 Å². The minimum atomic E-state index is -0.327. The van der Waals surface area contributed by atoms with Crippen LogP contribution in [0.4, 0.5) is 15.6 Å². The molecule has 0 saturated heterocycles. The maximum absolute atomic E-state index is 11.8. The number of fused-ring (bicyclic) bond motifs is 1. The van der Waals surface area contributed by atoms with Crippen molar-refractivity contribution in [1.29, 1.82) is 0 Å². The van der Waals surface area contributed by atoms with E-state index in [0.29, 0.717) is 10.8 Å². The molecule has 0 bridgehead atoms. The molecule has 2 N–H and O–H groups in total. The summed E-state index contributed by atoms with van der Waals surface area (Å²) in [5, 5.41) is 9.94. The molecule has 0 aliphatic heterocycles. The van der Waals surface area contributed by atoms with E-state index in [2.05, 4.69) is 20.7 Å². The van der Waals surface area contributed by atoms with Gasteiger partial charge in [-0.25, -0.2) is 9.78 Å². The summed E-state index contributed by atoms with van der Waals surface area (Å²) in [4.78, 5) is 16.1. The van der Waals surface area contributed by atoms with Crippen molar-refractivity contribution >= 4 is 38.4 Å². The normalized spacial score (nSPS) is 10.6. The van der Waals surface area contributed by atoms with Gasteiger partial charge in [0.25, 0.3) is 0 Å². The summed E-state index contributed by atoms with van der Waals surface area (Å²) in [6.07, 6.45) is 3.30. The average molecular weight is 273 g/mol. The molecule has 96 valence electrons. The van der Waals surface area contributed by atoms with Crippen molar-refractivity contribution in [2.24, 2.45) is 7.05 Å². The highest BCUT2D eigenvalue weighted by atomic mass is 32.1. The molecule has 0 saturated carbocycles. The molecule has 2 aromatic heterocycles. The third kappa shape index (κ3) is 2.55. The number of amides is 2. The number of para-hydroxylation sites is 1. The van der Waals surface area contributed by atoms with E-state index in [1.807, 2.05) is 24.3 Å². The lowest BCUT2D eigenvalue weighted by Crippen LogP contribution is -2.18. The highest BCUT2D eigenvalue weighted by Crippen LogP contribution is 2.25. The van der Waals surface area contributed by atoms with Crippen molar-refractivity contribution in [1.82, 2.24) is 14.8 Å². The topological polar surface area (TPSA) is 71.8 Å². The first-order valence-electron chi connectivity index (χ1n) is 5.63. The summed E-state index contributed by atoms with van der Waals surface area (Å²) in [6, 6.07) is 7.42. The summed E-state index contributed by atoms with van der Waals surface area (Å²) in [5.74, 6) is 0. The number of carbonyl (C=O) groups is 1. The van der Waals surface area contributed by atoms with Crippen LogP contribution >= 0.6 is 11.3 Å². The lowest BCUT2D eigenvalue weighted by Gasteiger charge is -2.01. The number of thiazole rings is 1. The number of benzene rings is 1. The summed E-state index contributed by atoms with van der Waals surface area (Å²) >= 11 is 1.44. The van der Waals surface area contributed by atoms with Gasteiger partial charge in [0.1, 0.15) is 0 Å². The molecule has 7 heteroatoms. The zero-order valence-electron chi connectivity index (χ0n) is 10.1. The Labute approximate surface area is 113 Å². The first kappa shape index (κ1) is 11.7. The van der Waals surface area contributed by atoms with Gasteiger partial charge in [0.2, 0.25) is 0 Å². The fourth-order valence-corrected chi connectivity index (χ4v) is 2.53. The molecule has 0 atom stereocenters. The molecule has 0 fully saturated rings. The Bertz CT molecular complexity index is 699. The Hall–Kier alpha value is -2.41. The molecule has 0 radical (unpaired) electrons. The van der Waals surface area contributed by atoms with Crippen LogP contribution in [0.2, 0.25) is 0 Å². The molecule has 0 aliphatic rings. The van der Waals surface area contributed by atoms with Crippen molar-refractivity contribution in [3.05, 3.63) is 36.7 Å². The molecule has 3 rings (SSSR count). The predicted molar refractivity (Wildman–Crippen MR) is 75.5 cm³/mol. The minimum absolute atomic E-state index is 0.327. The Morgan fingerprint density at radius 2 is 2.16 bits per heavy atom. The van der Waals surface area contributed by atoms with Gasteiger partial charge in [-0.2, -0.15) is 5.10 Å². The smallest absolute Gasteiger partial charge is 0.305 e. The first-order valence-corrected chi connectivity index (χ1v) is 6.44. The van der Waals surface area contributed by atoms with Crippen molar-refractivity contribution in [2.45, 2.75) is 0 Å². The predicted octanol–water partition coefficient (Wildman–Crippen LogP) is 2.67. The third-order valence-electron chi connectivity index (χ3n) is 2.48. The van der Waals surface area contributed by atoms with Crippen molar-refractivity contribution in [3.8, 4) is 0 Å². The Morgan fingerprint density at radius 3 is 2.89 bits per heavy atom. The van der Waals surface area contributed by atoms with E-state index in [-0.39, 0.29) is 6.03 Å². The molecule has 19 heavy (non-hydrogen) atoms. The highest BCUT2D eigenvalue weighted by molar-refractivity contribution is 7.22. The van der Waals surface area contributed by atoms with Crippen LogP contribution in [0.3, 0.4) is 0 Å². The molecular weight excluding hydrogens is 262 g/mol. The van der Waals surface area contributed by atoms with Gasteiger partial charge in [0.05, 0.1) is 22.1 Å². The molecule has 3 aromatic rings. The largest absolute Gasteiger partial charge is 0.325 e. The fourth-order valence-electron chi connectivity index (χ4n) is 1.67. The second-order valence-electron chi connectivity index (χ2n) is 3.97. The van der Waals surface area contributed by atoms with Crippen LogP contribution in [-0.4, -0.2) is 20.8 Å². The van der Waals surface area contributed by atoms with E-state index in [9.17, 15) is 4.79 Å². The molecule has 2 amide bonds. The number of nitrogens with one attached hydrogen (secondary N) is 2. The minimum Gasteiger partial charge on any atom is -0.305 e. The van der Waals surface area contributed by atoms with Crippen LogP contribution in [0.25, 0.3) is 10.2 Å². The quantitative estimate of drug-likeness (QED) is 0.754. The number of aromatic nitrogens is 3. The van der Waals surface area contributed by atoms with E-state index < -0.39 is 0 Å². The van der Waals surface area contributed by atoms with Gasteiger partial charge in [-0.3, -0.25) is 10.00 Å². The molecule has 1 aromatic carbocycles. The van der Waals surface area contributed by atoms with E-state index >= 15 is 0 Å². The summed E-state index contributed by atoms with van der Waals surface area (Å²) in [6.45, 7) is 0.